The lowest BCUT2D eigenvalue weighted by molar-refractivity contribution is -0.144. The van der Waals surface area contributed by atoms with Gasteiger partial charge in [-0.3, -0.25) is 15.4 Å². The molecule has 106 valence electrons. The maximum Gasteiger partial charge on any atom is 0.320 e. The lowest BCUT2D eigenvalue weighted by atomic mass is 10.2. The van der Waals surface area contributed by atoms with Gasteiger partial charge in [-0.1, -0.05) is 44.2 Å². The molecule has 0 heterocycles. The highest BCUT2D eigenvalue weighted by Gasteiger charge is 2.07. The zero-order valence-corrected chi connectivity index (χ0v) is 11.4. The molecule has 0 spiro atoms. The summed E-state index contributed by atoms with van der Waals surface area (Å²) in [4.78, 5) is 11.4. The number of ether oxygens (including phenoxy) is 1. The van der Waals surface area contributed by atoms with Crippen molar-refractivity contribution in [2.24, 2.45) is 5.92 Å². The van der Waals surface area contributed by atoms with Crippen LogP contribution in [-0.2, 0) is 16.1 Å². The molecule has 0 bridgehead atoms. The summed E-state index contributed by atoms with van der Waals surface area (Å²) in [6, 6.07) is 9.46. The summed E-state index contributed by atoms with van der Waals surface area (Å²) >= 11 is 0. The van der Waals surface area contributed by atoms with Crippen molar-refractivity contribution in [3.8, 4) is 0 Å². The third-order valence-electron chi connectivity index (χ3n) is 2.40. The number of esters is 1. The van der Waals surface area contributed by atoms with Crippen molar-refractivity contribution >= 4 is 5.97 Å². The van der Waals surface area contributed by atoms with Crippen LogP contribution in [0.4, 0.5) is 0 Å². The van der Waals surface area contributed by atoms with E-state index >= 15 is 0 Å². The fourth-order valence-electron chi connectivity index (χ4n) is 1.39. The van der Waals surface area contributed by atoms with E-state index in [1.165, 1.54) is 0 Å². The fourth-order valence-corrected chi connectivity index (χ4v) is 1.39. The lowest BCUT2D eigenvalue weighted by Gasteiger charge is -2.15. The van der Waals surface area contributed by atoms with E-state index in [1.54, 1.807) is 0 Å². The van der Waals surface area contributed by atoms with Gasteiger partial charge >= 0.3 is 5.97 Å². The summed E-state index contributed by atoms with van der Waals surface area (Å²) in [7, 11) is 0. The van der Waals surface area contributed by atoms with Gasteiger partial charge in [-0.15, -0.1) is 0 Å². The molecule has 0 fully saturated rings. The Labute approximate surface area is 114 Å². The first-order valence-corrected chi connectivity index (χ1v) is 6.42. The maximum atomic E-state index is 11.4. The first kappa shape index (κ1) is 15.6. The van der Waals surface area contributed by atoms with E-state index in [9.17, 15) is 9.90 Å². The minimum atomic E-state index is -0.897. The number of carbonyl (C=O) groups excluding carboxylic acids is 1. The molecule has 0 aromatic heterocycles. The maximum absolute atomic E-state index is 11.4. The third-order valence-corrected chi connectivity index (χ3v) is 2.40. The van der Waals surface area contributed by atoms with Gasteiger partial charge in [0.25, 0.3) is 0 Å². The number of aliphatic hydroxyl groups is 1. The molecule has 3 N–H and O–H groups in total. The lowest BCUT2D eigenvalue weighted by Crippen LogP contribution is -2.45. The van der Waals surface area contributed by atoms with Crippen LogP contribution in [0.2, 0.25) is 0 Å². The van der Waals surface area contributed by atoms with Gasteiger partial charge in [-0.2, -0.15) is 0 Å². The highest BCUT2D eigenvalue weighted by atomic mass is 16.5. The van der Waals surface area contributed by atoms with Crippen LogP contribution in [0, 0.1) is 5.92 Å². The summed E-state index contributed by atoms with van der Waals surface area (Å²) in [5.41, 5.74) is 0.939. The Morgan fingerprint density at radius 2 is 1.95 bits per heavy atom. The van der Waals surface area contributed by atoms with E-state index in [-0.39, 0.29) is 13.2 Å². The molecule has 0 aliphatic heterocycles. The summed E-state index contributed by atoms with van der Waals surface area (Å²) in [6.45, 7) is 4.96. The molecule has 1 aromatic rings. The molecular formula is C14H22N2O3. The number of nitrogens with one attached hydrogen (secondary N) is 2. The van der Waals surface area contributed by atoms with Crippen molar-refractivity contribution in [1.82, 2.24) is 10.6 Å². The van der Waals surface area contributed by atoms with Gasteiger partial charge < -0.3 is 9.84 Å². The number of aliphatic hydroxyl groups excluding tert-OH is 1. The second kappa shape index (κ2) is 8.63. The average Bonchev–Trinajstić information content (AvgIpc) is 2.41. The van der Waals surface area contributed by atoms with Gasteiger partial charge in [0.15, 0.2) is 6.35 Å². The predicted molar refractivity (Wildman–Crippen MR) is 73.1 cm³/mol. The number of hydrogen-bond donors (Lipinski definition) is 3. The van der Waals surface area contributed by atoms with Crippen LogP contribution < -0.4 is 10.6 Å². The fraction of sp³-hybridized carbons (Fsp3) is 0.500. The van der Waals surface area contributed by atoms with E-state index in [0.29, 0.717) is 12.5 Å². The molecule has 5 nitrogen and oxygen atoms in total. The molecule has 1 aromatic carbocycles. The average molecular weight is 266 g/mol. The van der Waals surface area contributed by atoms with E-state index in [4.69, 9.17) is 4.74 Å². The van der Waals surface area contributed by atoms with Crippen LogP contribution in [-0.4, -0.2) is 30.5 Å². The largest absolute Gasteiger partial charge is 0.460 e. The minimum absolute atomic E-state index is 0.0287. The van der Waals surface area contributed by atoms with Gasteiger partial charge in [0.05, 0.1) is 6.54 Å². The Morgan fingerprint density at radius 1 is 1.26 bits per heavy atom. The van der Waals surface area contributed by atoms with Crippen LogP contribution in [0.15, 0.2) is 30.3 Å². The zero-order chi connectivity index (χ0) is 14.1. The molecule has 1 rings (SSSR count). The van der Waals surface area contributed by atoms with Gasteiger partial charge in [-0.25, -0.2) is 0 Å². The van der Waals surface area contributed by atoms with Crippen molar-refractivity contribution in [2.75, 3.05) is 13.1 Å². The molecule has 1 atom stereocenters. The van der Waals surface area contributed by atoms with Crippen molar-refractivity contribution in [3.63, 3.8) is 0 Å². The predicted octanol–water partition coefficient (Wildman–Crippen LogP) is 0.841. The number of hydrogen-bond acceptors (Lipinski definition) is 5. The number of rotatable bonds is 8. The topological polar surface area (TPSA) is 70.6 Å². The molecule has 0 saturated carbocycles. The van der Waals surface area contributed by atoms with Gasteiger partial charge in [0.2, 0.25) is 0 Å². The van der Waals surface area contributed by atoms with Gasteiger partial charge in [-0.05, 0) is 11.5 Å². The first-order valence-electron chi connectivity index (χ1n) is 6.42. The normalized spacial score (nSPS) is 12.4. The van der Waals surface area contributed by atoms with Crippen LogP contribution in [0.25, 0.3) is 0 Å². The SMILES string of the molecule is CC(C)CNC(O)NCC(=O)OCc1ccccc1. The standard InChI is InChI=1S/C14H22N2O3/c1-11(2)8-15-14(18)16-9-13(17)19-10-12-6-4-3-5-7-12/h3-7,11,14-16,18H,8-10H2,1-2H3. The minimum Gasteiger partial charge on any atom is -0.460 e. The van der Waals surface area contributed by atoms with Crippen LogP contribution >= 0.6 is 0 Å². The van der Waals surface area contributed by atoms with E-state index < -0.39 is 12.3 Å². The second-order valence-corrected chi connectivity index (χ2v) is 4.73. The summed E-state index contributed by atoms with van der Waals surface area (Å²) in [5.74, 6) is 0.0377. The van der Waals surface area contributed by atoms with Crippen LogP contribution in [0.1, 0.15) is 19.4 Å². The van der Waals surface area contributed by atoms with Gasteiger partial charge in [0.1, 0.15) is 6.61 Å². The van der Waals surface area contributed by atoms with Crippen molar-refractivity contribution in [1.29, 1.82) is 0 Å². The highest BCUT2D eigenvalue weighted by molar-refractivity contribution is 5.71. The van der Waals surface area contributed by atoms with E-state index in [2.05, 4.69) is 10.6 Å². The Kier molecular flexibility index (Phi) is 7.10. The van der Waals surface area contributed by atoms with Crippen molar-refractivity contribution < 1.29 is 14.6 Å². The quantitative estimate of drug-likeness (QED) is 0.480. The zero-order valence-electron chi connectivity index (χ0n) is 11.4. The molecule has 5 heteroatoms. The highest BCUT2D eigenvalue weighted by Crippen LogP contribution is 2.00. The van der Waals surface area contributed by atoms with Crippen molar-refractivity contribution in [2.45, 2.75) is 26.8 Å². The Bertz CT molecular complexity index is 368. The molecule has 0 saturated heterocycles. The van der Waals surface area contributed by atoms with Crippen LogP contribution in [0.3, 0.4) is 0 Å². The Balaban J connectivity index is 2.14. The molecule has 0 aliphatic rings. The Hall–Kier alpha value is -1.43. The first-order chi connectivity index (χ1) is 9.08. The molecule has 19 heavy (non-hydrogen) atoms. The van der Waals surface area contributed by atoms with E-state index in [0.717, 1.165) is 5.56 Å². The summed E-state index contributed by atoms with van der Waals surface area (Å²) in [5, 5.41) is 15.0. The third kappa shape index (κ3) is 7.56. The van der Waals surface area contributed by atoms with Crippen LogP contribution in [0.5, 0.6) is 0 Å². The summed E-state index contributed by atoms with van der Waals surface area (Å²) < 4.78 is 5.06. The molecular weight excluding hydrogens is 244 g/mol. The Morgan fingerprint density at radius 3 is 2.58 bits per heavy atom. The molecule has 1 unspecified atom stereocenters. The second-order valence-electron chi connectivity index (χ2n) is 4.73. The number of benzene rings is 1. The summed E-state index contributed by atoms with van der Waals surface area (Å²) in [6.07, 6.45) is -0.897. The molecule has 0 radical (unpaired) electrons. The van der Waals surface area contributed by atoms with Crippen molar-refractivity contribution in [3.05, 3.63) is 35.9 Å². The monoisotopic (exact) mass is 266 g/mol. The molecule has 0 aliphatic carbocycles. The van der Waals surface area contributed by atoms with Gasteiger partial charge in [0, 0.05) is 6.54 Å². The van der Waals surface area contributed by atoms with E-state index in [1.807, 2.05) is 44.2 Å². The smallest absolute Gasteiger partial charge is 0.320 e. The molecule has 0 amide bonds. The number of carbonyl (C=O) groups is 1.